The number of carbonyl (C=O) groups excluding carboxylic acids is 3. The molecule has 1 saturated carbocycles. The lowest BCUT2D eigenvalue weighted by molar-refractivity contribution is -0.131. The zero-order valence-electron chi connectivity index (χ0n) is 28.6. The molecule has 1 fully saturated rings. The van der Waals surface area contributed by atoms with E-state index in [1.807, 2.05) is 51.1 Å². The van der Waals surface area contributed by atoms with Gasteiger partial charge in [0.2, 0.25) is 5.91 Å². The number of aliphatic hydroxyl groups excluding tert-OH is 1. The molecule has 4 atom stereocenters. The van der Waals surface area contributed by atoms with Crippen molar-refractivity contribution in [3.05, 3.63) is 59.7 Å². The number of fused-ring (bicyclic) bond motifs is 1. The first-order valence-corrected chi connectivity index (χ1v) is 17.3. The number of benzene rings is 2. The molecular formula is C37H54N4O6. The summed E-state index contributed by atoms with van der Waals surface area (Å²) in [4.78, 5) is 43.7. The number of aliphatic hydroxyl groups is 1. The molecular weight excluding hydrogens is 596 g/mol. The van der Waals surface area contributed by atoms with Crippen molar-refractivity contribution in [3.63, 3.8) is 0 Å². The number of hydrogen-bond acceptors (Lipinski definition) is 6. The Balaban J connectivity index is 1.56. The largest absolute Gasteiger partial charge is 0.490 e. The van der Waals surface area contributed by atoms with Crippen LogP contribution in [0.15, 0.2) is 48.5 Å². The van der Waals surface area contributed by atoms with Gasteiger partial charge in [-0.25, -0.2) is 4.79 Å². The van der Waals surface area contributed by atoms with Crippen LogP contribution in [0.5, 0.6) is 5.75 Å². The molecule has 0 saturated heterocycles. The Morgan fingerprint density at radius 1 is 1.02 bits per heavy atom. The van der Waals surface area contributed by atoms with Crippen LogP contribution < -0.4 is 15.4 Å². The van der Waals surface area contributed by atoms with Crippen molar-refractivity contribution in [1.29, 1.82) is 0 Å². The minimum absolute atomic E-state index is 0.00415. The van der Waals surface area contributed by atoms with Crippen molar-refractivity contribution >= 4 is 23.5 Å². The highest BCUT2D eigenvalue weighted by molar-refractivity contribution is 5.99. The van der Waals surface area contributed by atoms with Gasteiger partial charge in [-0.1, -0.05) is 56.5 Å². The Hall–Kier alpha value is -3.63. The van der Waals surface area contributed by atoms with Crippen LogP contribution in [0.3, 0.4) is 0 Å². The summed E-state index contributed by atoms with van der Waals surface area (Å²) in [7, 11) is 1.79. The minimum Gasteiger partial charge on any atom is -0.490 e. The first kappa shape index (κ1) is 36.2. The molecule has 2 aliphatic rings. The van der Waals surface area contributed by atoms with Crippen LogP contribution in [-0.4, -0.2) is 90.4 Å². The maximum absolute atomic E-state index is 14.4. The monoisotopic (exact) mass is 650 g/mol. The lowest BCUT2D eigenvalue weighted by Gasteiger charge is -2.36. The van der Waals surface area contributed by atoms with Gasteiger partial charge in [0.05, 0.1) is 36.8 Å². The number of carbonyl (C=O) groups is 3. The molecule has 2 aromatic rings. The molecule has 3 N–H and O–H groups in total. The SMILES string of the molecule is C[C@H](CO)N1C[C@H](C)[C@@H](CN(C)C(=O)Cc2ccccc2)OCCCC[C@H](C)Oc2ccc(NC(=O)NC3CCCCC3)cc2C1=O. The topological polar surface area (TPSA) is 120 Å². The van der Waals surface area contributed by atoms with Gasteiger partial charge < -0.3 is 35.0 Å². The zero-order chi connectivity index (χ0) is 33.8. The zero-order valence-corrected chi connectivity index (χ0v) is 28.6. The standard InChI is InChI=1S/C37H54N4O6/c1-26-23-41(27(2)25-42)36(44)32-22-31(39-37(45)38-30-16-9-6-10-17-30)18-19-33(32)47-28(3)13-11-12-20-46-34(26)24-40(4)35(43)21-29-14-7-5-8-15-29/h5,7-8,14-15,18-19,22,26-28,30,34,42H,6,9-13,16-17,20-21,23-25H2,1-4H3,(H2,38,39,45)/t26-,27+,28-,34+/m0/s1. The van der Waals surface area contributed by atoms with Gasteiger partial charge in [-0.15, -0.1) is 0 Å². The smallest absolute Gasteiger partial charge is 0.319 e. The summed E-state index contributed by atoms with van der Waals surface area (Å²) in [5.74, 6) is -0.0230. The average molecular weight is 651 g/mol. The molecule has 0 unspecified atom stereocenters. The second-order valence-electron chi connectivity index (χ2n) is 13.4. The molecule has 4 rings (SSSR count). The summed E-state index contributed by atoms with van der Waals surface area (Å²) in [6.45, 7) is 6.78. The number of likely N-dealkylation sites (N-methyl/N-ethyl adjacent to an activating group) is 1. The van der Waals surface area contributed by atoms with Crippen molar-refractivity contribution in [2.24, 2.45) is 5.92 Å². The number of nitrogens with zero attached hydrogens (tertiary/aromatic N) is 2. The highest BCUT2D eigenvalue weighted by Crippen LogP contribution is 2.29. The molecule has 1 aliphatic heterocycles. The summed E-state index contributed by atoms with van der Waals surface area (Å²) < 4.78 is 12.7. The first-order valence-electron chi connectivity index (χ1n) is 17.3. The van der Waals surface area contributed by atoms with E-state index in [4.69, 9.17) is 9.47 Å². The van der Waals surface area contributed by atoms with Gasteiger partial charge in [0, 0.05) is 44.4 Å². The second-order valence-corrected chi connectivity index (χ2v) is 13.4. The maximum atomic E-state index is 14.4. The molecule has 47 heavy (non-hydrogen) atoms. The fraction of sp³-hybridized carbons (Fsp3) is 0.595. The number of hydrogen-bond donors (Lipinski definition) is 3. The third-order valence-electron chi connectivity index (χ3n) is 9.33. The molecule has 0 bridgehead atoms. The number of nitrogens with one attached hydrogen (secondary N) is 2. The quantitative estimate of drug-likeness (QED) is 0.340. The van der Waals surface area contributed by atoms with E-state index in [-0.39, 0.29) is 48.6 Å². The summed E-state index contributed by atoms with van der Waals surface area (Å²) in [5, 5.41) is 16.2. The van der Waals surface area contributed by atoms with Gasteiger partial charge in [0.25, 0.3) is 5.91 Å². The van der Waals surface area contributed by atoms with E-state index in [2.05, 4.69) is 10.6 Å². The number of ether oxygens (including phenoxy) is 2. The third kappa shape index (κ3) is 11.0. The summed E-state index contributed by atoms with van der Waals surface area (Å²) in [5.41, 5.74) is 1.77. The highest BCUT2D eigenvalue weighted by atomic mass is 16.5. The van der Waals surface area contributed by atoms with Crippen LogP contribution in [0.25, 0.3) is 0 Å². The van der Waals surface area contributed by atoms with E-state index in [1.54, 1.807) is 35.0 Å². The molecule has 2 aromatic carbocycles. The van der Waals surface area contributed by atoms with Crippen LogP contribution in [-0.2, 0) is 16.0 Å². The number of urea groups is 1. The van der Waals surface area contributed by atoms with Crippen LogP contribution in [0.2, 0.25) is 0 Å². The van der Waals surface area contributed by atoms with E-state index in [9.17, 15) is 19.5 Å². The normalized spacial score (nSPS) is 22.3. The van der Waals surface area contributed by atoms with Crippen LogP contribution >= 0.6 is 0 Å². The van der Waals surface area contributed by atoms with Crippen molar-refractivity contribution in [2.75, 3.05) is 38.7 Å². The van der Waals surface area contributed by atoms with Crippen LogP contribution in [0.4, 0.5) is 10.5 Å². The number of rotatable bonds is 8. The second kappa shape index (κ2) is 18.1. The molecule has 0 spiro atoms. The molecule has 10 heteroatoms. The predicted octanol–water partition coefficient (Wildman–Crippen LogP) is 5.64. The summed E-state index contributed by atoms with van der Waals surface area (Å²) in [6.07, 6.45) is 7.65. The first-order chi connectivity index (χ1) is 22.6. The third-order valence-corrected chi connectivity index (χ3v) is 9.33. The Kier molecular flexibility index (Phi) is 13.9. The lowest BCUT2D eigenvalue weighted by Crippen LogP contribution is -2.48. The highest BCUT2D eigenvalue weighted by Gasteiger charge is 2.31. The number of anilines is 1. The molecule has 10 nitrogen and oxygen atoms in total. The molecule has 1 aliphatic carbocycles. The van der Waals surface area contributed by atoms with Crippen molar-refractivity contribution < 1.29 is 29.0 Å². The number of amides is 4. The van der Waals surface area contributed by atoms with Crippen molar-refractivity contribution in [1.82, 2.24) is 15.1 Å². The van der Waals surface area contributed by atoms with Gasteiger partial charge >= 0.3 is 6.03 Å². The van der Waals surface area contributed by atoms with E-state index in [0.717, 1.165) is 50.5 Å². The van der Waals surface area contributed by atoms with E-state index in [1.165, 1.54) is 6.42 Å². The maximum Gasteiger partial charge on any atom is 0.319 e. The fourth-order valence-electron chi connectivity index (χ4n) is 6.34. The Bertz CT molecular complexity index is 1300. The van der Waals surface area contributed by atoms with Crippen molar-refractivity contribution in [3.8, 4) is 5.75 Å². The van der Waals surface area contributed by atoms with Crippen molar-refractivity contribution in [2.45, 2.75) is 103 Å². The minimum atomic E-state index is -0.493. The van der Waals surface area contributed by atoms with Gasteiger partial charge in [-0.3, -0.25) is 9.59 Å². The average Bonchev–Trinajstić information content (AvgIpc) is 3.06. The molecule has 4 amide bonds. The van der Waals surface area contributed by atoms with Crippen LogP contribution in [0, 0.1) is 5.92 Å². The van der Waals surface area contributed by atoms with Gasteiger partial charge in [-0.05, 0) is 69.7 Å². The van der Waals surface area contributed by atoms with E-state index >= 15 is 0 Å². The van der Waals surface area contributed by atoms with Gasteiger partial charge in [0.15, 0.2) is 0 Å². The van der Waals surface area contributed by atoms with Gasteiger partial charge in [0.1, 0.15) is 5.75 Å². The summed E-state index contributed by atoms with van der Waals surface area (Å²) >= 11 is 0. The fourth-order valence-corrected chi connectivity index (χ4v) is 6.34. The Labute approximate surface area is 280 Å². The molecule has 1 heterocycles. The lowest BCUT2D eigenvalue weighted by atomic mass is 9.96. The molecule has 0 radical (unpaired) electrons. The molecule has 0 aromatic heterocycles. The van der Waals surface area contributed by atoms with E-state index < -0.39 is 6.04 Å². The summed E-state index contributed by atoms with van der Waals surface area (Å²) in [6, 6.07) is 14.2. The molecule has 258 valence electrons. The van der Waals surface area contributed by atoms with E-state index in [0.29, 0.717) is 43.1 Å². The predicted molar refractivity (Wildman–Crippen MR) is 184 cm³/mol. The Morgan fingerprint density at radius 2 is 1.74 bits per heavy atom. The Morgan fingerprint density at radius 3 is 2.47 bits per heavy atom. The van der Waals surface area contributed by atoms with Gasteiger partial charge in [-0.2, -0.15) is 0 Å². The van der Waals surface area contributed by atoms with Crippen LogP contribution in [0.1, 0.15) is 88.1 Å².